The van der Waals surface area contributed by atoms with Crippen molar-refractivity contribution in [3.05, 3.63) is 0 Å². The van der Waals surface area contributed by atoms with Gasteiger partial charge in [-0.2, -0.15) is 0 Å². The zero-order valence-corrected chi connectivity index (χ0v) is 8.32. The average Bonchev–Trinajstić information content (AvgIpc) is 2.65. The molecule has 1 amide bonds. The monoisotopic (exact) mass is 198 g/mol. The first-order chi connectivity index (χ1) is 6.34. The van der Waals surface area contributed by atoms with Crippen LogP contribution in [-0.2, 0) is 4.79 Å². The molecular formula is C9H14N2OS. The summed E-state index contributed by atoms with van der Waals surface area (Å²) < 4.78 is 0. The van der Waals surface area contributed by atoms with Crippen LogP contribution in [0, 0.1) is 12.3 Å². The molecule has 1 aliphatic rings. The molecular weight excluding hydrogens is 184 g/mol. The van der Waals surface area contributed by atoms with E-state index < -0.39 is 0 Å². The highest BCUT2D eigenvalue weighted by molar-refractivity contribution is 7.99. The standard InChI is InChI=1S/C9H14N2OS/c1-2-3-4-5-10-9(12)8-6-13-7-11-8/h1,8,11H,3-7H2,(H,10,12). The maximum Gasteiger partial charge on any atom is 0.238 e. The number of unbranched alkanes of at least 4 members (excludes halogenated alkanes) is 1. The summed E-state index contributed by atoms with van der Waals surface area (Å²) in [5, 5.41) is 5.96. The molecule has 4 heteroatoms. The van der Waals surface area contributed by atoms with Crippen LogP contribution in [0.15, 0.2) is 0 Å². The SMILES string of the molecule is C#CCCCNC(=O)C1CSCN1. The van der Waals surface area contributed by atoms with Crippen molar-refractivity contribution in [1.82, 2.24) is 10.6 Å². The Hall–Kier alpha value is -0.660. The van der Waals surface area contributed by atoms with Gasteiger partial charge in [-0.1, -0.05) is 0 Å². The molecule has 0 radical (unpaired) electrons. The second-order valence-electron chi connectivity index (χ2n) is 2.87. The molecule has 1 fully saturated rings. The van der Waals surface area contributed by atoms with Gasteiger partial charge in [-0.15, -0.1) is 24.1 Å². The van der Waals surface area contributed by atoms with E-state index >= 15 is 0 Å². The number of terminal acetylenes is 1. The number of carbonyl (C=O) groups is 1. The third-order valence-corrected chi connectivity index (χ3v) is 2.77. The highest BCUT2D eigenvalue weighted by Gasteiger charge is 2.21. The zero-order chi connectivity index (χ0) is 9.52. The topological polar surface area (TPSA) is 41.1 Å². The fraction of sp³-hybridized carbons (Fsp3) is 0.667. The number of amides is 1. The van der Waals surface area contributed by atoms with Gasteiger partial charge >= 0.3 is 0 Å². The van der Waals surface area contributed by atoms with E-state index in [0.29, 0.717) is 6.54 Å². The molecule has 13 heavy (non-hydrogen) atoms. The van der Waals surface area contributed by atoms with Gasteiger partial charge in [0.1, 0.15) is 0 Å². The smallest absolute Gasteiger partial charge is 0.238 e. The number of hydrogen-bond acceptors (Lipinski definition) is 3. The summed E-state index contributed by atoms with van der Waals surface area (Å²) in [6, 6.07) is -0.00386. The van der Waals surface area contributed by atoms with Crippen molar-refractivity contribution in [2.45, 2.75) is 18.9 Å². The Balaban J connectivity index is 2.07. The van der Waals surface area contributed by atoms with Gasteiger partial charge in [-0.3, -0.25) is 10.1 Å². The van der Waals surface area contributed by atoms with Crippen molar-refractivity contribution < 1.29 is 4.79 Å². The third kappa shape index (κ3) is 3.71. The lowest BCUT2D eigenvalue weighted by Crippen LogP contribution is -2.42. The number of carbonyl (C=O) groups excluding carboxylic acids is 1. The summed E-state index contributed by atoms with van der Waals surface area (Å²) in [6.45, 7) is 0.686. The average molecular weight is 198 g/mol. The van der Waals surface area contributed by atoms with Gasteiger partial charge in [0.15, 0.2) is 0 Å². The summed E-state index contributed by atoms with van der Waals surface area (Å²) in [7, 11) is 0. The minimum absolute atomic E-state index is 0.00386. The van der Waals surface area contributed by atoms with Gasteiger partial charge in [0.2, 0.25) is 5.91 Å². The molecule has 0 aromatic heterocycles. The minimum Gasteiger partial charge on any atom is -0.355 e. The molecule has 1 rings (SSSR count). The van der Waals surface area contributed by atoms with Gasteiger partial charge in [-0.25, -0.2) is 0 Å². The van der Waals surface area contributed by atoms with E-state index in [1.54, 1.807) is 11.8 Å². The van der Waals surface area contributed by atoms with Crippen LogP contribution in [0.3, 0.4) is 0 Å². The number of thioether (sulfide) groups is 1. The molecule has 2 N–H and O–H groups in total. The third-order valence-electron chi connectivity index (χ3n) is 1.83. The van der Waals surface area contributed by atoms with Crippen LogP contribution in [0.5, 0.6) is 0 Å². The van der Waals surface area contributed by atoms with Crippen molar-refractivity contribution in [1.29, 1.82) is 0 Å². The van der Waals surface area contributed by atoms with Crippen molar-refractivity contribution >= 4 is 17.7 Å². The second kappa shape index (κ2) is 5.90. The lowest BCUT2D eigenvalue weighted by Gasteiger charge is -2.09. The van der Waals surface area contributed by atoms with E-state index in [2.05, 4.69) is 16.6 Å². The molecule has 1 atom stereocenters. The Morgan fingerprint density at radius 3 is 3.23 bits per heavy atom. The second-order valence-corrected chi connectivity index (χ2v) is 3.90. The van der Waals surface area contributed by atoms with E-state index in [4.69, 9.17) is 6.42 Å². The molecule has 0 aromatic rings. The van der Waals surface area contributed by atoms with E-state index in [1.165, 1.54) is 0 Å². The van der Waals surface area contributed by atoms with Crippen LogP contribution in [0.4, 0.5) is 0 Å². The van der Waals surface area contributed by atoms with Gasteiger partial charge in [0.05, 0.1) is 6.04 Å². The molecule has 1 aliphatic heterocycles. The van der Waals surface area contributed by atoms with E-state index in [9.17, 15) is 4.79 Å². The lowest BCUT2D eigenvalue weighted by molar-refractivity contribution is -0.122. The molecule has 72 valence electrons. The van der Waals surface area contributed by atoms with Gasteiger partial charge in [-0.05, 0) is 6.42 Å². The Bertz CT molecular complexity index is 206. The zero-order valence-electron chi connectivity index (χ0n) is 7.51. The number of nitrogens with one attached hydrogen (secondary N) is 2. The maximum atomic E-state index is 11.4. The predicted molar refractivity (Wildman–Crippen MR) is 55.3 cm³/mol. The van der Waals surface area contributed by atoms with E-state index in [1.807, 2.05) is 0 Å². The molecule has 1 heterocycles. The molecule has 0 aromatic carbocycles. The molecule has 0 saturated carbocycles. The van der Waals surface area contributed by atoms with Crippen LogP contribution >= 0.6 is 11.8 Å². The van der Waals surface area contributed by atoms with Crippen LogP contribution < -0.4 is 10.6 Å². The first-order valence-electron chi connectivity index (χ1n) is 4.37. The largest absolute Gasteiger partial charge is 0.355 e. The van der Waals surface area contributed by atoms with Crippen molar-refractivity contribution in [3.63, 3.8) is 0 Å². The predicted octanol–water partition coefficient (Wildman–Crippen LogP) is 0.178. The summed E-state index contributed by atoms with van der Waals surface area (Å²) in [5.74, 6) is 4.39. The van der Waals surface area contributed by atoms with Crippen molar-refractivity contribution in [2.24, 2.45) is 0 Å². The maximum absolute atomic E-state index is 11.4. The Morgan fingerprint density at radius 1 is 1.77 bits per heavy atom. The van der Waals surface area contributed by atoms with Gasteiger partial charge in [0, 0.05) is 24.6 Å². The lowest BCUT2D eigenvalue weighted by atomic mass is 10.3. The number of hydrogen-bond donors (Lipinski definition) is 2. The van der Waals surface area contributed by atoms with E-state index in [0.717, 1.165) is 24.5 Å². The van der Waals surface area contributed by atoms with Crippen LogP contribution in [0.1, 0.15) is 12.8 Å². The summed E-state index contributed by atoms with van der Waals surface area (Å²) >= 11 is 1.75. The van der Waals surface area contributed by atoms with Gasteiger partial charge in [0.25, 0.3) is 0 Å². The van der Waals surface area contributed by atoms with Crippen LogP contribution in [-0.4, -0.2) is 30.1 Å². The fourth-order valence-electron chi connectivity index (χ4n) is 1.09. The number of rotatable bonds is 4. The quantitative estimate of drug-likeness (QED) is 0.500. The van der Waals surface area contributed by atoms with Crippen molar-refractivity contribution in [3.8, 4) is 12.3 Å². The Morgan fingerprint density at radius 2 is 2.62 bits per heavy atom. The minimum atomic E-state index is -0.00386. The van der Waals surface area contributed by atoms with Crippen molar-refractivity contribution in [2.75, 3.05) is 18.2 Å². The molecule has 0 aliphatic carbocycles. The molecule has 0 bridgehead atoms. The summed E-state index contributed by atoms with van der Waals surface area (Å²) in [6.07, 6.45) is 6.68. The molecule has 3 nitrogen and oxygen atoms in total. The van der Waals surface area contributed by atoms with E-state index in [-0.39, 0.29) is 11.9 Å². The Labute approximate surface area is 83.0 Å². The first-order valence-corrected chi connectivity index (χ1v) is 5.52. The molecule has 1 unspecified atom stereocenters. The molecule has 1 saturated heterocycles. The highest BCUT2D eigenvalue weighted by Crippen LogP contribution is 2.08. The summed E-state index contributed by atoms with van der Waals surface area (Å²) in [4.78, 5) is 11.4. The van der Waals surface area contributed by atoms with Crippen LogP contribution in [0.25, 0.3) is 0 Å². The highest BCUT2D eigenvalue weighted by atomic mass is 32.2. The normalized spacial score (nSPS) is 21.0. The summed E-state index contributed by atoms with van der Waals surface area (Å²) in [5.41, 5.74) is 0. The fourth-order valence-corrected chi connectivity index (χ4v) is 2.03. The van der Waals surface area contributed by atoms with Crippen LogP contribution in [0.2, 0.25) is 0 Å². The molecule has 0 spiro atoms. The Kier molecular flexibility index (Phi) is 4.73. The first kappa shape index (κ1) is 10.4. The van der Waals surface area contributed by atoms with Gasteiger partial charge < -0.3 is 5.32 Å².